The molecule has 1 aromatic heterocycles. The third-order valence-corrected chi connectivity index (χ3v) is 9.04. The average Bonchev–Trinajstić information content (AvgIpc) is 3.28. The largest absolute Gasteiger partial charge is 0.465 e. The van der Waals surface area contributed by atoms with Gasteiger partial charge in [0.2, 0.25) is 5.91 Å². The van der Waals surface area contributed by atoms with Crippen LogP contribution in [0.15, 0.2) is 41.5 Å². The number of furan rings is 1. The Balaban J connectivity index is 1.57. The summed E-state index contributed by atoms with van der Waals surface area (Å²) in [6, 6.07) is 4.18. The van der Waals surface area contributed by atoms with E-state index in [0.717, 1.165) is 29.6 Å². The van der Waals surface area contributed by atoms with Gasteiger partial charge in [-0.05, 0) is 79.7 Å². The predicted octanol–water partition coefficient (Wildman–Crippen LogP) is 5.21. The Morgan fingerprint density at radius 1 is 1.19 bits per heavy atom. The molecule has 2 heterocycles. The highest BCUT2D eigenvalue weighted by atomic mass is 16.3. The molecule has 1 aliphatic heterocycles. The fourth-order valence-electron chi connectivity index (χ4n) is 7.66. The second kappa shape index (κ2) is 5.86. The maximum atomic E-state index is 12.4. The van der Waals surface area contributed by atoms with E-state index in [2.05, 4.69) is 31.8 Å². The minimum absolute atomic E-state index is 0.0376. The van der Waals surface area contributed by atoms with Gasteiger partial charge in [0.25, 0.3) is 0 Å². The van der Waals surface area contributed by atoms with Gasteiger partial charge in [0, 0.05) is 23.1 Å². The van der Waals surface area contributed by atoms with Crippen LogP contribution in [0.4, 0.5) is 0 Å². The van der Waals surface area contributed by atoms with Crippen LogP contribution in [0.5, 0.6) is 0 Å². The zero-order valence-electron chi connectivity index (χ0n) is 16.5. The summed E-state index contributed by atoms with van der Waals surface area (Å²) in [4.78, 5) is 12.4. The van der Waals surface area contributed by atoms with Crippen LogP contribution < -0.4 is 5.32 Å². The molecule has 0 bridgehead atoms. The summed E-state index contributed by atoms with van der Waals surface area (Å²) in [5.74, 6) is 3.71. The van der Waals surface area contributed by atoms with Crippen molar-refractivity contribution in [1.29, 1.82) is 0 Å². The van der Waals surface area contributed by atoms with E-state index in [1.54, 1.807) is 6.26 Å². The molecule has 1 amide bonds. The lowest BCUT2D eigenvalue weighted by molar-refractivity contribution is -0.121. The number of amides is 1. The molecule has 27 heavy (non-hydrogen) atoms. The summed E-state index contributed by atoms with van der Waals surface area (Å²) in [5, 5.41) is 3.30. The second-order valence-electron chi connectivity index (χ2n) is 9.80. The van der Waals surface area contributed by atoms with Gasteiger partial charge in [0.15, 0.2) is 0 Å². The van der Waals surface area contributed by atoms with Gasteiger partial charge in [-0.25, -0.2) is 0 Å². The van der Waals surface area contributed by atoms with Crippen LogP contribution in [0.25, 0.3) is 5.57 Å². The number of rotatable bonds is 2. The minimum Gasteiger partial charge on any atom is -0.465 e. The van der Waals surface area contributed by atoms with Crippen molar-refractivity contribution in [2.45, 2.75) is 58.4 Å². The summed E-state index contributed by atoms with van der Waals surface area (Å²) in [5.41, 5.74) is 1.50. The van der Waals surface area contributed by atoms with E-state index in [4.69, 9.17) is 4.42 Å². The highest BCUT2D eigenvalue weighted by Crippen LogP contribution is 2.66. The molecule has 3 aliphatic carbocycles. The van der Waals surface area contributed by atoms with Crippen molar-refractivity contribution in [3.05, 3.63) is 42.9 Å². The maximum Gasteiger partial charge on any atom is 0.244 e. The number of hydrogen-bond acceptors (Lipinski definition) is 2. The molecule has 3 saturated carbocycles. The van der Waals surface area contributed by atoms with E-state index in [-0.39, 0.29) is 17.4 Å². The van der Waals surface area contributed by atoms with Crippen LogP contribution in [0.1, 0.15) is 58.1 Å². The van der Waals surface area contributed by atoms with Crippen molar-refractivity contribution in [3.63, 3.8) is 0 Å². The molecule has 1 N–H and O–H groups in total. The van der Waals surface area contributed by atoms with Crippen molar-refractivity contribution >= 4 is 11.5 Å². The van der Waals surface area contributed by atoms with Crippen LogP contribution in [0.2, 0.25) is 0 Å². The van der Waals surface area contributed by atoms with E-state index in [1.165, 1.54) is 32.1 Å². The summed E-state index contributed by atoms with van der Waals surface area (Å²) < 4.78 is 5.79. The molecule has 0 saturated heterocycles. The molecule has 1 aromatic rings. The molecule has 144 valence electrons. The Morgan fingerprint density at radius 3 is 2.78 bits per heavy atom. The van der Waals surface area contributed by atoms with Crippen LogP contribution in [-0.4, -0.2) is 11.9 Å². The minimum atomic E-state index is -0.0394. The van der Waals surface area contributed by atoms with Crippen molar-refractivity contribution in [1.82, 2.24) is 5.32 Å². The van der Waals surface area contributed by atoms with Crippen LogP contribution in [0, 0.1) is 34.5 Å². The quantitative estimate of drug-likeness (QED) is 0.731. The molecule has 4 aliphatic rings. The molecular formula is C24H31NO2. The third-order valence-electron chi connectivity index (χ3n) is 9.04. The number of nitrogens with one attached hydrogen (secondary N) is 1. The number of carbonyl (C=O) groups excluding carboxylic acids is 1. The Morgan fingerprint density at radius 2 is 2.04 bits per heavy atom. The SMILES string of the molecule is C=C[C@H]1CC[C@H]2[C@@H]3CC[C@H]4NC(=O)C=C(c5ccco5)[C@]4(C)[C@H]3CC[C@]12C. The summed E-state index contributed by atoms with van der Waals surface area (Å²) in [6.07, 6.45) is 13.2. The van der Waals surface area contributed by atoms with Gasteiger partial charge in [-0.3, -0.25) is 4.79 Å². The molecule has 0 aromatic carbocycles. The second-order valence-corrected chi connectivity index (χ2v) is 9.80. The molecule has 3 nitrogen and oxygen atoms in total. The van der Waals surface area contributed by atoms with E-state index >= 15 is 0 Å². The molecule has 0 spiro atoms. The molecule has 5 rings (SSSR count). The summed E-state index contributed by atoms with van der Waals surface area (Å²) >= 11 is 0. The van der Waals surface area contributed by atoms with E-state index < -0.39 is 0 Å². The van der Waals surface area contributed by atoms with Crippen LogP contribution in [0.3, 0.4) is 0 Å². The van der Waals surface area contributed by atoms with Crippen molar-refractivity contribution in [2.75, 3.05) is 0 Å². The zero-order valence-corrected chi connectivity index (χ0v) is 16.5. The molecule has 0 unspecified atom stereocenters. The topological polar surface area (TPSA) is 42.2 Å². The van der Waals surface area contributed by atoms with Crippen molar-refractivity contribution in [2.24, 2.45) is 34.5 Å². The maximum absolute atomic E-state index is 12.4. The van der Waals surface area contributed by atoms with E-state index in [0.29, 0.717) is 17.3 Å². The molecule has 7 atom stereocenters. The van der Waals surface area contributed by atoms with Gasteiger partial charge >= 0.3 is 0 Å². The van der Waals surface area contributed by atoms with E-state index in [9.17, 15) is 4.79 Å². The Labute approximate surface area is 162 Å². The Kier molecular flexibility index (Phi) is 3.76. The summed E-state index contributed by atoms with van der Waals surface area (Å²) in [7, 11) is 0. The fourth-order valence-corrected chi connectivity index (χ4v) is 7.66. The highest BCUT2D eigenvalue weighted by molar-refractivity contribution is 5.98. The number of carbonyl (C=O) groups is 1. The fraction of sp³-hybridized carbons (Fsp3) is 0.625. The smallest absolute Gasteiger partial charge is 0.244 e. The first-order valence-corrected chi connectivity index (χ1v) is 10.7. The number of allylic oxidation sites excluding steroid dienone is 1. The lowest BCUT2D eigenvalue weighted by atomic mass is 9.46. The number of fused-ring (bicyclic) bond motifs is 5. The third kappa shape index (κ3) is 2.23. The van der Waals surface area contributed by atoms with Gasteiger partial charge in [0.1, 0.15) is 5.76 Å². The van der Waals surface area contributed by atoms with Crippen LogP contribution >= 0.6 is 0 Å². The molecule has 0 radical (unpaired) electrons. The Hall–Kier alpha value is -1.77. The average molecular weight is 366 g/mol. The standard InChI is InChI=1S/C24H31NO2/c1-4-15-7-9-17-16-8-10-21-24(3,18(16)11-12-23(15,17)2)19(14-22(26)25-21)20-6-5-13-27-20/h4-6,13-18,21H,1,7-12H2,2-3H3,(H,25,26)/t15-,16-,17-,18-,21+,23+,24-/m0/s1. The van der Waals surface area contributed by atoms with Crippen molar-refractivity contribution in [3.8, 4) is 0 Å². The normalized spacial score (nSPS) is 45.9. The molecule has 3 fully saturated rings. The van der Waals surface area contributed by atoms with Gasteiger partial charge in [-0.15, -0.1) is 6.58 Å². The Bertz CT molecular complexity index is 793. The van der Waals surface area contributed by atoms with E-state index in [1.807, 2.05) is 18.2 Å². The lowest BCUT2D eigenvalue weighted by Crippen LogP contribution is -2.60. The van der Waals surface area contributed by atoms with Gasteiger partial charge < -0.3 is 9.73 Å². The molecular weight excluding hydrogens is 334 g/mol. The predicted molar refractivity (Wildman–Crippen MR) is 107 cm³/mol. The van der Waals surface area contributed by atoms with Gasteiger partial charge in [-0.1, -0.05) is 19.9 Å². The monoisotopic (exact) mass is 365 g/mol. The van der Waals surface area contributed by atoms with Crippen molar-refractivity contribution < 1.29 is 9.21 Å². The first kappa shape index (κ1) is 17.3. The van der Waals surface area contributed by atoms with Crippen LogP contribution in [-0.2, 0) is 4.79 Å². The number of hydrogen-bond donors (Lipinski definition) is 1. The first-order chi connectivity index (χ1) is 13.0. The van der Waals surface area contributed by atoms with Gasteiger partial charge in [0.05, 0.1) is 6.26 Å². The molecule has 3 heteroatoms. The lowest BCUT2D eigenvalue weighted by Gasteiger charge is -2.60. The summed E-state index contributed by atoms with van der Waals surface area (Å²) in [6.45, 7) is 9.06. The first-order valence-electron chi connectivity index (χ1n) is 10.7. The zero-order chi connectivity index (χ0) is 18.8. The van der Waals surface area contributed by atoms with Gasteiger partial charge in [-0.2, -0.15) is 0 Å². The highest BCUT2D eigenvalue weighted by Gasteiger charge is 2.61.